The zero-order chi connectivity index (χ0) is 21.6. The molecular formula is C22H26N8O. The van der Waals surface area contributed by atoms with Crippen LogP contribution < -0.4 is 21.3 Å². The maximum atomic E-state index is 10.2. The molecule has 0 unspecified atom stereocenters. The lowest BCUT2D eigenvalue weighted by molar-refractivity contribution is 0.477. The molecule has 3 heterocycles. The molecule has 1 saturated heterocycles. The maximum absolute atomic E-state index is 10.2. The fourth-order valence-electron chi connectivity index (χ4n) is 3.65. The highest BCUT2D eigenvalue weighted by atomic mass is 16.3. The van der Waals surface area contributed by atoms with Crippen LogP contribution in [0.5, 0.6) is 5.75 Å². The first-order valence-corrected chi connectivity index (χ1v) is 10.3. The number of benzene rings is 1. The van der Waals surface area contributed by atoms with E-state index in [0.29, 0.717) is 29.4 Å². The van der Waals surface area contributed by atoms with E-state index in [1.54, 1.807) is 18.3 Å². The van der Waals surface area contributed by atoms with E-state index >= 15 is 0 Å². The predicted molar refractivity (Wildman–Crippen MR) is 123 cm³/mol. The summed E-state index contributed by atoms with van der Waals surface area (Å²) in [5.41, 5.74) is 13.7. The molecule has 3 aromatic rings. The third-order valence-corrected chi connectivity index (χ3v) is 5.20. The molecular weight excluding hydrogens is 392 g/mol. The zero-order valence-electron chi connectivity index (χ0n) is 17.2. The van der Waals surface area contributed by atoms with Crippen molar-refractivity contribution in [2.45, 2.75) is 6.42 Å². The van der Waals surface area contributed by atoms with Gasteiger partial charge >= 0.3 is 0 Å². The molecule has 31 heavy (non-hydrogen) atoms. The summed E-state index contributed by atoms with van der Waals surface area (Å²) in [6.07, 6.45) is 6.37. The summed E-state index contributed by atoms with van der Waals surface area (Å²) in [7, 11) is 0. The first-order valence-electron chi connectivity index (χ1n) is 10.3. The largest absolute Gasteiger partial charge is 0.507 e. The monoisotopic (exact) mass is 418 g/mol. The van der Waals surface area contributed by atoms with Crippen molar-refractivity contribution in [3.8, 4) is 17.0 Å². The molecule has 2 aromatic heterocycles. The van der Waals surface area contributed by atoms with Crippen LogP contribution in [0.1, 0.15) is 12.2 Å². The first kappa shape index (κ1) is 20.5. The summed E-state index contributed by atoms with van der Waals surface area (Å²) >= 11 is 0. The van der Waals surface area contributed by atoms with Crippen molar-refractivity contribution < 1.29 is 5.11 Å². The van der Waals surface area contributed by atoms with Gasteiger partial charge in [0.25, 0.3) is 0 Å². The Hall–Kier alpha value is -3.72. The van der Waals surface area contributed by atoms with Gasteiger partial charge in [0, 0.05) is 44.5 Å². The number of phenolic OH excluding ortho intramolecular Hbond substituents is 1. The Morgan fingerprint density at radius 2 is 1.84 bits per heavy atom. The number of aromatic hydroxyl groups is 1. The molecule has 0 bridgehead atoms. The molecule has 0 amide bonds. The fourth-order valence-corrected chi connectivity index (χ4v) is 3.65. The zero-order valence-corrected chi connectivity index (χ0v) is 17.2. The number of hydrogen-bond acceptors (Lipinski definition) is 9. The molecule has 0 atom stereocenters. The molecule has 1 aliphatic rings. The lowest BCUT2D eigenvalue weighted by Gasteiger charge is -2.25. The summed E-state index contributed by atoms with van der Waals surface area (Å²) < 4.78 is 0. The van der Waals surface area contributed by atoms with Crippen LogP contribution in [0.15, 0.2) is 48.7 Å². The van der Waals surface area contributed by atoms with Gasteiger partial charge in [-0.1, -0.05) is 18.2 Å². The van der Waals surface area contributed by atoms with Crippen molar-refractivity contribution in [1.29, 1.82) is 0 Å². The third kappa shape index (κ3) is 4.72. The molecule has 0 radical (unpaired) electrons. The van der Waals surface area contributed by atoms with Gasteiger partial charge in [0.1, 0.15) is 11.6 Å². The lowest BCUT2D eigenvalue weighted by atomic mass is 10.1. The fraction of sp³-hybridized carbons (Fsp3) is 0.273. The molecule has 5 N–H and O–H groups in total. The van der Waals surface area contributed by atoms with E-state index in [9.17, 15) is 5.11 Å². The van der Waals surface area contributed by atoms with Crippen molar-refractivity contribution in [3.05, 3.63) is 54.5 Å². The summed E-state index contributed by atoms with van der Waals surface area (Å²) in [6, 6.07) is 10.9. The van der Waals surface area contributed by atoms with Gasteiger partial charge in [-0.25, -0.2) is 9.97 Å². The normalized spacial score (nSPS) is 14.7. The van der Waals surface area contributed by atoms with Gasteiger partial charge in [-0.05, 0) is 36.8 Å². The molecule has 1 aliphatic heterocycles. The average molecular weight is 419 g/mol. The number of rotatable bonds is 5. The summed E-state index contributed by atoms with van der Waals surface area (Å²) in [5, 5.41) is 18.5. The molecule has 9 heteroatoms. The van der Waals surface area contributed by atoms with Gasteiger partial charge in [0.15, 0.2) is 11.6 Å². The molecule has 160 valence electrons. The molecule has 1 aromatic carbocycles. The third-order valence-electron chi connectivity index (χ3n) is 5.20. The second kappa shape index (κ2) is 9.40. The van der Waals surface area contributed by atoms with E-state index < -0.39 is 0 Å². The van der Waals surface area contributed by atoms with Crippen molar-refractivity contribution in [3.63, 3.8) is 0 Å². The van der Waals surface area contributed by atoms with Gasteiger partial charge < -0.3 is 26.4 Å². The topological polar surface area (TPSA) is 130 Å². The van der Waals surface area contributed by atoms with Gasteiger partial charge in [0.05, 0.1) is 11.4 Å². The summed E-state index contributed by atoms with van der Waals surface area (Å²) in [5.74, 6) is 2.09. The average Bonchev–Trinajstić information content (AvgIpc) is 3.05. The smallest absolute Gasteiger partial charge is 0.169 e. The van der Waals surface area contributed by atoms with Crippen molar-refractivity contribution >= 4 is 23.4 Å². The van der Waals surface area contributed by atoms with E-state index in [0.717, 1.165) is 44.1 Å². The van der Waals surface area contributed by atoms with E-state index in [2.05, 4.69) is 30.0 Å². The minimum absolute atomic E-state index is 0.165. The number of nitrogens with two attached hydrogens (primary N) is 2. The van der Waals surface area contributed by atoms with Crippen LogP contribution in [-0.4, -0.2) is 58.0 Å². The Labute approximate surface area is 181 Å². The molecule has 9 nitrogen and oxygen atoms in total. The summed E-state index contributed by atoms with van der Waals surface area (Å²) in [4.78, 5) is 13.4. The Balaban J connectivity index is 1.54. The second-order valence-corrected chi connectivity index (χ2v) is 7.26. The van der Waals surface area contributed by atoms with Crippen molar-refractivity contribution in [2.75, 3.05) is 48.3 Å². The Bertz CT molecular complexity index is 1070. The molecule has 1 fully saturated rings. The van der Waals surface area contributed by atoms with Crippen LogP contribution in [0.2, 0.25) is 0 Å². The van der Waals surface area contributed by atoms with Gasteiger partial charge in [0.2, 0.25) is 0 Å². The number of aromatic nitrogens is 4. The van der Waals surface area contributed by atoms with Crippen LogP contribution in [-0.2, 0) is 0 Å². The summed E-state index contributed by atoms with van der Waals surface area (Å²) in [6.45, 7) is 3.70. The highest BCUT2D eigenvalue weighted by molar-refractivity contribution is 5.74. The molecule has 0 saturated carbocycles. The Morgan fingerprint density at radius 3 is 2.68 bits per heavy atom. The van der Waals surface area contributed by atoms with Crippen LogP contribution in [0, 0.1) is 0 Å². The molecule has 4 rings (SSSR count). The maximum Gasteiger partial charge on any atom is 0.169 e. The number of para-hydroxylation sites is 1. The standard InChI is InChI=1S/C22H26N8O/c23-9-3-7-20-25-10-8-21(26-20)30-12-4-11-29(13-14-30)18-15-17(27-28-22(18)24)16-5-1-2-6-19(16)31/h1-3,5-8,10,15,31H,4,9,11-14,23H2,(H2,24,28)/b7-3+. The number of nitrogen functional groups attached to an aromatic ring is 1. The number of nitrogens with zero attached hydrogens (tertiary/aromatic N) is 6. The van der Waals surface area contributed by atoms with Gasteiger partial charge in [-0.2, -0.15) is 0 Å². The highest BCUT2D eigenvalue weighted by Crippen LogP contribution is 2.31. The van der Waals surface area contributed by atoms with Crippen LogP contribution in [0.4, 0.5) is 17.3 Å². The van der Waals surface area contributed by atoms with Crippen LogP contribution in [0.3, 0.4) is 0 Å². The molecule has 0 aliphatic carbocycles. The quantitative estimate of drug-likeness (QED) is 0.568. The van der Waals surface area contributed by atoms with Crippen molar-refractivity contribution in [1.82, 2.24) is 20.2 Å². The van der Waals surface area contributed by atoms with E-state index in [1.165, 1.54) is 0 Å². The first-order chi connectivity index (χ1) is 15.2. The predicted octanol–water partition coefficient (Wildman–Crippen LogP) is 1.91. The van der Waals surface area contributed by atoms with E-state index in [1.807, 2.05) is 36.4 Å². The number of anilines is 3. The van der Waals surface area contributed by atoms with E-state index in [4.69, 9.17) is 11.5 Å². The van der Waals surface area contributed by atoms with E-state index in [-0.39, 0.29) is 5.75 Å². The SMILES string of the molecule is NC/C=C/c1nccc(N2CCCN(c3cc(-c4ccccc4O)nnc3N)CC2)n1. The number of hydrogen-bond donors (Lipinski definition) is 3. The Morgan fingerprint density at radius 1 is 1.03 bits per heavy atom. The minimum atomic E-state index is 0.165. The second-order valence-electron chi connectivity index (χ2n) is 7.26. The van der Waals surface area contributed by atoms with Crippen molar-refractivity contribution in [2.24, 2.45) is 5.73 Å². The van der Waals surface area contributed by atoms with Crippen LogP contribution >= 0.6 is 0 Å². The van der Waals surface area contributed by atoms with Gasteiger partial charge in [-0.15, -0.1) is 10.2 Å². The number of phenols is 1. The van der Waals surface area contributed by atoms with Crippen LogP contribution in [0.25, 0.3) is 17.3 Å². The molecule has 0 spiro atoms. The lowest BCUT2D eigenvalue weighted by Crippen LogP contribution is -2.31. The Kier molecular flexibility index (Phi) is 6.23. The highest BCUT2D eigenvalue weighted by Gasteiger charge is 2.20. The minimum Gasteiger partial charge on any atom is -0.507 e. The van der Waals surface area contributed by atoms with Gasteiger partial charge in [-0.3, -0.25) is 0 Å².